The van der Waals surface area contributed by atoms with Gasteiger partial charge in [-0.1, -0.05) is 25.7 Å². The number of nitrogens with zero attached hydrogens (tertiary/aromatic N) is 1. The Morgan fingerprint density at radius 1 is 1.24 bits per heavy atom. The van der Waals surface area contributed by atoms with E-state index in [9.17, 15) is 0 Å². The number of likely N-dealkylation sites (N-methyl/N-ethyl adjacent to an activating group) is 1. The van der Waals surface area contributed by atoms with Gasteiger partial charge in [0.2, 0.25) is 0 Å². The fourth-order valence-corrected chi connectivity index (χ4v) is 2.65. The van der Waals surface area contributed by atoms with Gasteiger partial charge in [0, 0.05) is 32.3 Å². The van der Waals surface area contributed by atoms with Gasteiger partial charge in [0.25, 0.3) is 0 Å². The Hall–Kier alpha value is -0.120. The molecule has 0 spiro atoms. The molecule has 0 bridgehead atoms. The summed E-state index contributed by atoms with van der Waals surface area (Å²) in [6.07, 6.45) is 8.48. The van der Waals surface area contributed by atoms with Crippen LogP contribution in [-0.2, 0) is 4.74 Å². The summed E-state index contributed by atoms with van der Waals surface area (Å²) in [5.74, 6) is 0. The van der Waals surface area contributed by atoms with E-state index < -0.39 is 0 Å². The van der Waals surface area contributed by atoms with Crippen molar-refractivity contribution in [2.45, 2.75) is 57.5 Å². The third-order valence-electron chi connectivity index (χ3n) is 4.02. The lowest BCUT2D eigenvalue weighted by molar-refractivity contribution is 0.158. The average molecular weight is 242 g/mol. The maximum atomic E-state index is 5.04. The van der Waals surface area contributed by atoms with E-state index in [-0.39, 0.29) is 0 Å². The summed E-state index contributed by atoms with van der Waals surface area (Å²) in [4.78, 5) is 2.57. The molecule has 0 heterocycles. The molecule has 1 aliphatic rings. The topological polar surface area (TPSA) is 24.5 Å². The highest BCUT2D eigenvalue weighted by molar-refractivity contribution is 4.77. The summed E-state index contributed by atoms with van der Waals surface area (Å²) < 4.78 is 5.04. The van der Waals surface area contributed by atoms with Gasteiger partial charge in [-0.15, -0.1) is 0 Å². The molecule has 3 nitrogen and oxygen atoms in total. The van der Waals surface area contributed by atoms with Crippen LogP contribution in [0.2, 0.25) is 0 Å². The van der Waals surface area contributed by atoms with Gasteiger partial charge in [-0.3, -0.25) is 4.90 Å². The summed E-state index contributed by atoms with van der Waals surface area (Å²) in [6, 6.07) is 1.42. The van der Waals surface area contributed by atoms with Crippen molar-refractivity contribution in [3.8, 4) is 0 Å². The lowest BCUT2D eigenvalue weighted by Gasteiger charge is -2.33. The number of hydrogen-bond donors (Lipinski definition) is 1. The van der Waals surface area contributed by atoms with Crippen molar-refractivity contribution >= 4 is 0 Å². The molecule has 0 radical (unpaired) electrons. The molecule has 3 heteroatoms. The second-order valence-corrected chi connectivity index (χ2v) is 5.36. The van der Waals surface area contributed by atoms with Crippen LogP contribution in [0.3, 0.4) is 0 Å². The van der Waals surface area contributed by atoms with Gasteiger partial charge in [-0.2, -0.15) is 0 Å². The van der Waals surface area contributed by atoms with Crippen LogP contribution in [0.4, 0.5) is 0 Å². The van der Waals surface area contributed by atoms with Crippen molar-refractivity contribution in [3.05, 3.63) is 0 Å². The zero-order valence-corrected chi connectivity index (χ0v) is 11.9. The predicted octanol–water partition coefficient (Wildman–Crippen LogP) is 2.27. The van der Waals surface area contributed by atoms with Crippen LogP contribution in [0.5, 0.6) is 0 Å². The second kappa shape index (κ2) is 8.90. The molecule has 1 unspecified atom stereocenters. The Morgan fingerprint density at radius 3 is 2.47 bits per heavy atom. The molecule has 1 atom stereocenters. The van der Waals surface area contributed by atoms with Gasteiger partial charge in [-0.25, -0.2) is 0 Å². The van der Waals surface area contributed by atoms with Crippen LogP contribution in [0.25, 0.3) is 0 Å². The first kappa shape index (κ1) is 14.9. The van der Waals surface area contributed by atoms with E-state index in [2.05, 4.69) is 24.2 Å². The highest BCUT2D eigenvalue weighted by Gasteiger charge is 2.20. The number of ether oxygens (including phenoxy) is 1. The van der Waals surface area contributed by atoms with Crippen molar-refractivity contribution in [1.82, 2.24) is 10.2 Å². The first-order valence-corrected chi connectivity index (χ1v) is 7.17. The number of methoxy groups -OCH3 is 1. The second-order valence-electron chi connectivity index (χ2n) is 5.36. The average Bonchev–Trinajstić information content (AvgIpc) is 2.62. The third-order valence-corrected chi connectivity index (χ3v) is 4.02. The van der Waals surface area contributed by atoms with Crippen LogP contribution >= 0.6 is 0 Å². The summed E-state index contributed by atoms with van der Waals surface area (Å²) in [5, 5.41) is 3.46. The molecule has 1 fully saturated rings. The minimum atomic E-state index is 0.620. The predicted molar refractivity (Wildman–Crippen MR) is 73.5 cm³/mol. The molecule has 17 heavy (non-hydrogen) atoms. The molecule has 1 saturated carbocycles. The van der Waals surface area contributed by atoms with Crippen molar-refractivity contribution in [1.29, 1.82) is 0 Å². The zero-order chi connectivity index (χ0) is 12.5. The minimum Gasteiger partial charge on any atom is -0.383 e. The van der Waals surface area contributed by atoms with Gasteiger partial charge in [0.1, 0.15) is 0 Å². The number of rotatable bonds is 7. The summed E-state index contributed by atoms with van der Waals surface area (Å²) in [5.41, 5.74) is 0. The Bertz CT molecular complexity index is 179. The van der Waals surface area contributed by atoms with E-state index >= 15 is 0 Å². The normalized spacial score (nSPS) is 20.5. The highest BCUT2D eigenvalue weighted by atomic mass is 16.5. The molecule has 0 aliphatic heterocycles. The van der Waals surface area contributed by atoms with Crippen molar-refractivity contribution in [3.63, 3.8) is 0 Å². The van der Waals surface area contributed by atoms with E-state index in [1.54, 1.807) is 7.11 Å². The fourth-order valence-electron chi connectivity index (χ4n) is 2.65. The first-order valence-electron chi connectivity index (χ1n) is 7.17. The fraction of sp³-hybridized carbons (Fsp3) is 1.00. The van der Waals surface area contributed by atoms with Crippen molar-refractivity contribution < 1.29 is 4.74 Å². The minimum absolute atomic E-state index is 0.620. The molecular formula is C14H30N2O. The molecule has 0 aromatic carbocycles. The van der Waals surface area contributed by atoms with E-state index in [0.717, 1.165) is 25.7 Å². The molecule has 102 valence electrons. The monoisotopic (exact) mass is 242 g/mol. The van der Waals surface area contributed by atoms with Crippen LogP contribution in [0.1, 0.15) is 45.4 Å². The van der Waals surface area contributed by atoms with Crippen molar-refractivity contribution in [2.75, 3.05) is 33.9 Å². The SMILES string of the molecule is COCCNCC(C)N(C)C1CCCCCC1. The van der Waals surface area contributed by atoms with Gasteiger partial charge < -0.3 is 10.1 Å². The maximum absolute atomic E-state index is 5.04. The van der Waals surface area contributed by atoms with E-state index in [4.69, 9.17) is 4.74 Å². The smallest absolute Gasteiger partial charge is 0.0587 e. The number of nitrogens with one attached hydrogen (secondary N) is 1. The lowest BCUT2D eigenvalue weighted by Crippen LogP contribution is -2.44. The van der Waals surface area contributed by atoms with Crippen molar-refractivity contribution in [2.24, 2.45) is 0 Å². The molecule has 0 aromatic rings. The van der Waals surface area contributed by atoms with Gasteiger partial charge in [0.05, 0.1) is 6.61 Å². The van der Waals surface area contributed by atoms with E-state index in [0.29, 0.717) is 6.04 Å². The molecule has 1 rings (SSSR count). The third kappa shape index (κ3) is 5.84. The highest BCUT2D eigenvalue weighted by Crippen LogP contribution is 2.22. The molecule has 0 aromatic heterocycles. The summed E-state index contributed by atoms with van der Waals surface area (Å²) >= 11 is 0. The molecular weight excluding hydrogens is 212 g/mol. The Labute approximate surface area is 107 Å². The number of hydrogen-bond acceptors (Lipinski definition) is 3. The Morgan fingerprint density at radius 2 is 1.88 bits per heavy atom. The summed E-state index contributed by atoms with van der Waals surface area (Å²) in [7, 11) is 4.04. The Balaban J connectivity index is 2.21. The molecule has 0 amide bonds. The molecule has 0 saturated heterocycles. The van der Waals surface area contributed by atoms with Gasteiger partial charge in [0.15, 0.2) is 0 Å². The van der Waals surface area contributed by atoms with Crippen LogP contribution in [0.15, 0.2) is 0 Å². The van der Waals surface area contributed by atoms with Crippen LogP contribution < -0.4 is 5.32 Å². The maximum Gasteiger partial charge on any atom is 0.0587 e. The van der Waals surface area contributed by atoms with Crippen LogP contribution in [-0.4, -0.2) is 50.8 Å². The quantitative estimate of drug-likeness (QED) is 0.547. The lowest BCUT2D eigenvalue weighted by atomic mass is 10.1. The zero-order valence-electron chi connectivity index (χ0n) is 11.9. The van der Waals surface area contributed by atoms with E-state index in [1.807, 2.05) is 0 Å². The van der Waals surface area contributed by atoms with Gasteiger partial charge >= 0.3 is 0 Å². The largest absolute Gasteiger partial charge is 0.383 e. The van der Waals surface area contributed by atoms with Gasteiger partial charge in [-0.05, 0) is 26.8 Å². The van der Waals surface area contributed by atoms with Crippen LogP contribution in [0, 0.1) is 0 Å². The van der Waals surface area contributed by atoms with E-state index in [1.165, 1.54) is 38.5 Å². The Kier molecular flexibility index (Phi) is 7.82. The molecule has 1 aliphatic carbocycles. The molecule has 1 N–H and O–H groups in total. The summed E-state index contributed by atoms with van der Waals surface area (Å²) in [6.45, 7) is 5.15. The standard InChI is InChI=1S/C14H30N2O/c1-13(12-15-10-11-17-3)16(2)14-8-6-4-5-7-9-14/h13-15H,4-12H2,1-3H3. The first-order chi connectivity index (χ1) is 8.25.